The Morgan fingerprint density at radius 1 is 1.21 bits per heavy atom. The molecule has 0 spiro atoms. The lowest BCUT2D eigenvalue weighted by Gasteiger charge is -2.18. The lowest BCUT2D eigenvalue weighted by Crippen LogP contribution is -2.39. The van der Waals surface area contributed by atoms with Crippen molar-refractivity contribution in [2.75, 3.05) is 0 Å². The number of hydrogen-bond acceptors (Lipinski definition) is 3. The normalized spacial score (nSPS) is 12.0. The minimum Gasteiger partial charge on any atom is -0.350 e. The highest BCUT2D eigenvalue weighted by atomic mass is 16.2. The zero-order chi connectivity index (χ0) is 16.8. The van der Waals surface area contributed by atoms with Crippen LogP contribution in [0.15, 0.2) is 61.4 Å². The fraction of sp³-hybridized carbons (Fsp3) is 0.278. The van der Waals surface area contributed by atoms with Gasteiger partial charge in [-0.25, -0.2) is 9.97 Å². The first-order valence-corrected chi connectivity index (χ1v) is 8.08. The van der Waals surface area contributed by atoms with E-state index in [2.05, 4.69) is 22.2 Å². The Labute approximate surface area is 141 Å². The van der Waals surface area contributed by atoms with Gasteiger partial charge in [-0.2, -0.15) is 0 Å². The van der Waals surface area contributed by atoms with E-state index in [1.54, 1.807) is 18.7 Å². The molecule has 0 aliphatic heterocycles. The largest absolute Gasteiger partial charge is 0.350 e. The summed E-state index contributed by atoms with van der Waals surface area (Å²) in [6, 6.07) is 9.95. The summed E-state index contributed by atoms with van der Waals surface area (Å²) in [7, 11) is 0. The van der Waals surface area contributed by atoms with Crippen LogP contribution in [0.2, 0.25) is 0 Å². The SMILES string of the molecule is CC[C@@H](Cn1ccnc1)NC(=O)Cn1ccnc1-c1ccccc1. The maximum atomic E-state index is 12.4. The summed E-state index contributed by atoms with van der Waals surface area (Å²) in [5, 5.41) is 3.09. The molecule has 0 saturated carbocycles. The molecule has 0 unspecified atom stereocenters. The average molecular weight is 323 g/mol. The number of carbonyl (C=O) groups is 1. The van der Waals surface area contributed by atoms with Gasteiger partial charge in [-0.3, -0.25) is 4.79 Å². The molecule has 0 fully saturated rings. The number of hydrogen-bond donors (Lipinski definition) is 1. The molecular formula is C18H21N5O. The Hall–Kier alpha value is -2.89. The highest BCUT2D eigenvalue weighted by Crippen LogP contribution is 2.16. The number of imidazole rings is 2. The van der Waals surface area contributed by atoms with Crippen molar-refractivity contribution in [1.29, 1.82) is 0 Å². The van der Waals surface area contributed by atoms with E-state index in [0.717, 1.165) is 24.4 Å². The van der Waals surface area contributed by atoms with Crippen molar-refractivity contribution in [3.05, 3.63) is 61.4 Å². The van der Waals surface area contributed by atoms with Crippen molar-refractivity contribution in [2.45, 2.75) is 32.5 Å². The third-order valence-electron chi connectivity index (χ3n) is 3.91. The zero-order valence-corrected chi connectivity index (χ0v) is 13.7. The molecule has 3 rings (SSSR count). The molecule has 6 nitrogen and oxygen atoms in total. The fourth-order valence-electron chi connectivity index (χ4n) is 2.64. The lowest BCUT2D eigenvalue weighted by atomic mass is 10.2. The summed E-state index contributed by atoms with van der Waals surface area (Å²) in [5.41, 5.74) is 1.00. The van der Waals surface area contributed by atoms with Gasteiger partial charge in [0.25, 0.3) is 0 Å². The molecule has 2 aromatic heterocycles. The van der Waals surface area contributed by atoms with E-state index in [-0.39, 0.29) is 18.5 Å². The predicted molar refractivity (Wildman–Crippen MR) is 92.1 cm³/mol. The molecule has 3 aromatic rings. The van der Waals surface area contributed by atoms with E-state index in [0.29, 0.717) is 0 Å². The van der Waals surface area contributed by atoms with Crippen LogP contribution in [0, 0.1) is 0 Å². The van der Waals surface area contributed by atoms with Crippen molar-refractivity contribution in [3.8, 4) is 11.4 Å². The van der Waals surface area contributed by atoms with E-state index < -0.39 is 0 Å². The number of amides is 1. The van der Waals surface area contributed by atoms with E-state index in [4.69, 9.17) is 0 Å². The maximum absolute atomic E-state index is 12.4. The molecule has 0 bridgehead atoms. The Morgan fingerprint density at radius 3 is 2.75 bits per heavy atom. The minimum atomic E-state index is -0.0165. The third kappa shape index (κ3) is 3.90. The summed E-state index contributed by atoms with van der Waals surface area (Å²) in [5.74, 6) is 0.783. The first-order chi connectivity index (χ1) is 11.8. The van der Waals surface area contributed by atoms with Gasteiger partial charge < -0.3 is 14.5 Å². The van der Waals surface area contributed by atoms with Crippen LogP contribution < -0.4 is 5.32 Å². The smallest absolute Gasteiger partial charge is 0.240 e. The third-order valence-corrected chi connectivity index (χ3v) is 3.91. The van der Waals surface area contributed by atoms with E-state index in [1.165, 1.54) is 0 Å². The van der Waals surface area contributed by atoms with Crippen molar-refractivity contribution >= 4 is 5.91 Å². The fourth-order valence-corrected chi connectivity index (χ4v) is 2.64. The van der Waals surface area contributed by atoms with Crippen molar-refractivity contribution < 1.29 is 4.79 Å². The predicted octanol–water partition coefficient (Wildman–Crippen LogP) is 2.34. The quantitative estimate of drug-likeness (QED) is 0.726. The van der Waals surface area contributed by atoms with Crippen LogP contribution in [-0.4, -0.2) is 31.1 Å². The van der Waals surface area contributed by atoms with Crippen LogP contribution >= 0.6 is 0 Å². The molecule has 1 aromatic carbocycles. The van der Waals surface area contributed by atoms with Gasteiger partial charge >= 0.3 is 0 Å². The zero-order valence-electron chi connectivity index (χ0n) is 13.7. The second-order valence-electron chi connectivity index (χ2n) is 5.68. The van der Waals surface area contributed by atoms with Gasteiger partial charge in [0.1, 0.15) is 12.4 Å². The Bertz CT molecular complexity index is 764. The van der Waals surface area contributed by atoms with Gasteiger partial charge in [-0.05, 0) is 6.42 Å². The van der Waals surface area contributed by atoms with Crippen LogP contribution in [0.1, 0.15) is 13.3 Å². The molecule has 24 heavy (non-hydrogen) atoms. The summed E-state index contributed by atoms with van der Waals surface area (Å²) < 4.78 is 3.84. The Morgan fingerprint density at radius 2 is 2.04 bits per heavy atom. The number of carbonyl (C=O) groups excluding carboxylic acids is 1. The molecule has 0 saturated heterocycles. The number of nitrogens with one attached hydrogen (secondary N) is 1. The Kier molecular flexibility index (Phi) is 5.05. The van der Waals surface area contributed by atoms with Crippen LogP contribution in [0.5, 0.6) is 0 Å². The van der Waals surface area contributed by atoms with Crippen LogP contribution in [0.4, 0.5) is 0 Å². The molecule has 1 N–H and O–H groups in total. The average Bonchev–Trinajstić information content (AvgIpc) is 3.27. The molecule has 1 amide bonds. The van der Waals surface area contributed by atoms with Gasteiger partial charge in [0.2, 0.25) is 5.91 Å². The van der Waals surface area contributed by atoms with E-state index in [1.807, 2.05) is 51.9 Å². The molecule has 6 heteroatoms. The number of aromatic nitrogens is 4. The minimum absolute atomic E-state index is 0.0165. The number of benzene rings is 1. The summed E-state index contributed by atoms with van der Waals surface area (Å²) in [4.78, 5) is 20.8. The summed E-state index contributed by atoms with van der Waals surface area (Å²) in [6.07, 6.45) is 9.82. The van der Waals surface area contributed by atoms with Gasteiger partial charge in [-0.1, -0.05) is 37.3 Å². The highest BCUT2D eigenvalue weighted by molar-refractivity contribution is 5.76. The van der Waals surface area contributed by atoms with Crippen molar-refractivity contribution in [2.24, 2.45) is 0 Å². The number of nitrogens with zero attached hydrogens (tertiary/aromatic N) is 4. The molecule has 1 atom stereocenters. The maximum Gasteiger partial charge on any atom is 0.240 e. The van der Waals surface area contributed by atoms with Crippen LogP contribution in [-0.2, 0) is 17.9 Å². The van der Waals surface area contributed by atoms with Crippen molar-refractivity contribution in [1.82, 2.24) is 24.4 Å². The molecule has 2 heterocycles. The summed E-state index contributed by atoms with van der Waals surface area (Å²) in [6.45, 7) is 3.04. The van der Waals surface area contributed by atoms with Crippen molar-refractivity contribution in [3.63, 3.8) is 0 Å². The topological polar surface area (TPSA) is 64.7 Å². The summed E-state index contributed by atoms with van der Waals surface area (Å²) >= 11 is 0. The number of rotatable bonds is 7. The first kappa shape index (κ1) is 16.0. The Balaban J connectivity index is 1.64. The van der Waals surface area contributed by atoms with Gasteiger partial charge in [0, 0.05) is 42.9 Å². The first-order valence-electron chi connectivity index (χ1n) is 8.08. The molecule has 0 radical (unpaired) electrons. The lowest BCUT2D eigenvalue weighted by molar-refractivity contribution is -0.122. The molecular weight excluding hydrogens is 302 g/mol. The van der Waals surface area contributed by atoms with Gasteiger partial charge in [0.15, 0.2) is 0 Å². The van der Waals surface area contributed by atoms with E-state index >= 15 is 0 Å². The van der Waals surface area contributed by atoms with Crippen LogP contribution in [0.3, 0.4) is 0 Å². The second kappa shape index (κ2) is 7.59. The molecule has 0 aliphatic rings. The van der Waals surface area contributed by atoms with Gasteiger partial charge in [0.05, 0.1) is 6.33 Å². The standard InChI is InChI=1S/C18H21N5O/c1-2-16(12-22-10-8-19-14-22)21-17(24)13-23-11-9-20-18(23)15-6-4-3-5-7-15/h3-11,14,16H,2,12-13H2,1H3,(H,21,24)/t16-/m0/s1. The van der Waals surface area contributed by atoms with Gasteiger partial charge in [-0.15, -0.1) is 0 Å². The van der Waals surface area contributed by atoms with E-state index in [9.17, 15) is 4.79 Å². The monoisotopic (exact) mass is 323 g/mol. The molecule has 124 valence electrons. The highest BCUT2D eigenvalue weighted by Gasteiger charge is 2.13. The molecule has 0 aliphatic carbocycles. The second-order valence-corrected chi connectivity index (χ2v) is 5.68. The van der Waals surface area contributed by atoms with Crippen LogP contribution in [0.25, 0.3) is 11.4 Å².